The molecule has 0 saturated heterocycles. The Hall–Kier alpha value is -2.04. The molecule has 2 aromatic carbocycles. The molecule has 5 nitrogen and oxygen atoms in total. The molecule has 0 heterocycles. The van der Waals surface area contributed by atoms with Crippen LogP contribution in [-0.2, 0) is 10.1 Å². The maximum absolute atomic E-state index is 11.8. The van der Waals surface area contributed by atoms with Crippen molar-refractivity contribution in [1.82, 2.24) is 0 Å². The van der Waals surface area contributed by atoms with Crippen molar-refractivity contribution in [3.8, 4) is 5.75 Å². The third kappa shape index (κ3) is 6.22. The van der Waals surface area contributed by atoms with Gasteiger partial charge in [-0.25, -0.2) is 0 Å². The zero-order valence-electron chi connectivity index (χ0n) is 12.4. The summed E-state index contributed by atoms with van der Waals surface area (Å²) < 4.78 is 60.2. The lowest BCUT2D eigenvalue weighted by molar-refractivity contribution is -0.0500. The van der Waals surface area contributed by atoms with Gasteiger partial charge in [0.2, 0.25) is 0 Å². The number of halogens is 3. The molecular weight excluding hydrogens is 348 g/mol. The lowest BCUT2D eigenvalue weighted by atomic mass is 9.80. The van der Waals surface area contributed by atoms with Gasteiger partial charge in [0, 0.05) is 0 Å². The van der Waals surface area contributed by atoms with Crippen LogP contribution < -0.4 is 9.65 Å². The molecule has 2 aromatic rings. The number of benzene rings is 2. The fourth-order valence-electron chi connectivity index (χ4n) is 1.39. The second-order valence-electron chi connectivity index (χ2n) is 4.58. The third-order valence-electron chi connectivity index (χ3n) is 2.61. The zero-order chi connectivity index (χ0) is 18.4. The Kier molecular flexibility index (Phi) is 6.82. The second kappa shape index (κ2) is 8.18. The van der Waals surface area contributed by atoms with Gasteiger partial charge in [-0.15, -0.1) is 0 Å². The summed E-state index contributed by atoms with van der Waals surface area (Å²) in [4.78, 5) is 0. The van der Waals surface area contributed by atoms with E-state index in [1.165, 1.54) is 18.2 Å². The van der Waals surface area contributed by atoms with E-state index in [1.807, 2.05) is 19.1 Å². The van der Waals surface area contributed by atoms with E-state index in [0.717, 1.165) is 17.7 Å². The second-order valence-corrected chi connectivity index (χ2v) is 6.12. The Bertz CT molecular complexity index is 731. The molecule has 0 aromatic heterocycles. The predicted octanol–water partition coefficient (Wildman–Crippen LogP) is 1.59. The highest BCUT2D eigenvalue weighted by Gasteiger charge is 2.48. The van der Waals surface area contributed by atoms with Gasteiger partial charge in [-0.3, -0.25) is 0 Å². The zero-order valence-corrected chi connectivity index (χ0v) is 13.3. The van der Waals surface area contributed by atoms with Gasteiger partial charge < -0.3 is 14.2 Å². The molecule has 2 N–H and O–H groups in total. The van der Waals surface area contributed by atoms with E-state index in [9.17, 15) is 21.6 Å². The van der Waals surface area contributed by atoms with Crippen LogP contribution in [0.3, 0.4) is 0 Å². The lowest BCUT2D eigenvalue weighted by Gasteiger charge is -2.08. The number of alkyl halides is 3. The van der Waals surface area contributed by atoms with E-state index >= 15 is 0 Å². The van der Waals surface area contributed by atoms with Crippen molar-refractivity contribution in [3.63, 3.8) is 0 Å². The average molecular weight is 362 g/mol. The van der Waals surface area contributed by atoms with Crippen LogP contribution in [0.4, 0.5) is 13.2 Å². The molecular formula is C14H14BF3O5S. The van der Waals surface area contributed by atoms with Crippen molar-refractivity contribution in [2.45, 2.75) is 12.4 Å². The summed E-state index contributed by atoms with van der Waals surface area (Å²) in [6.45, 7) is 1.95. The molecule has 0 radical (unpaired) electrons. The maximum Gasteiger partial charge on any atom is 0.534 e. The first kappa shape index (κ1) is 20.0. The predicted molar refractivity (Wildman–Crippen MR) is 83.0 cm³/mol. The van der Waals surface area contributed by atoms with Gasteiger partial charge in [-0.1, -0.05) is 48.0 Å². The normalized spacial score (nSPS) is 11.2. The molecule has 0 unspecified atom stereocenters. The van der Waals surface area contributed by atoms with Crippen molar-refractivity contribution < 1.29 is 35.8 Å². The summed E-state index contributed by atoms with van der Waals surface area (Å²) in [5.41, 5.74) is -3.75. The van der Waals surface area contributed by atoms with Crippen LogP contribution in [0.25, 0.3) is 0 Å². The van der Waals surface area contributed by atoms with Crippen LogP contribution in [0.2, 0.25) is 0 Å². The number of rotatable bonds is 3. The van der Waals surface area contributed by atoms with Gasteiger partial charge in [0.15, 0.2) is 0 Å². The third-order valence-corrected chi connectivity index (χ3v) is 3.59. The SMILES string of the molecule is Cc1ccc(B(O)O)cc1.O=S(=O)(Oc1ccccc1)C(F)(F)F. The van der Waals surface area contributed by atoms with E-state index in [4.69, 9.17) is 10.0 Å². The van der Waals surface area contributed by atoms with Gasteiger partial charge >= 0.3 is 22.7 Å². The fraction of sp³-hybridized carbons (Fsp3) is 0.143. The Labute approximate surface area is 137 Å². The van der Waals surface area contributed by atoms with Crippen LogP contribution in [-0.4, -0.2) is 31.1 Å². The van der Waals surface area contributed by atoms with E-state index in [2.05, 4.69) is 4.18 Å². The Morgan fingerprint density at radius 2 is 1.46 bits per heavy atom. The quantitative estimate of drug-likeness (QED) is 0.492. The van der Waals surface area contributed by atoms with E-state index in [0.29, 0.717) is 5.46 Å². The molecule has 10 heteroatoms. The highest BCUT2D eigenvalue weighted by molar-refractivity contribution is 7.88. The lowest BCUT2D eigenvalue weighted by Crippen LogP contribution is -2.29. The van der Waals surface area contributed by atoms with Gasteiger partial charge in [0.1, 0.15) is 5.75 Å². The van der Waals surface area contributed by atoms with Gasteiger partial charge in [-0.05, 0) is 24.5 Å². The van der Waals surface area contributed by atoms with Crippen LogP contribution in [0.15, 0.2) is 54.6 Å². The molecule has 0 atom stereocenters. The highest BCUT2D eigenvalue weighted by atomic mass is 32.2. The number of hydrogen-bond acceptors (Lipinski definition) is 5. The summed E-state index contributed by atoms with van der Waals surface area (Å²) in [7, 11) is -6.90. The Morgan fingerprint density at radius 3 is 1.88 bits per heavy atom. The van der Waals surface area contributed by atoms with Crippen molar-refractivity contribution >= 4 is 22.7 Å². The van der Waals surface area contributed by atoms with Crippen molar-refractivity contribution in [3.05, 3.63) is 60.2 Å². The molecule has 130 valence electrons. The first-order valence-corrected chi connectivity index (χ1v) is 7.92. The van der Waals surface area contributed by atoms with Crippen molar-refractivity contribution in [2.24, 2.45) is 0 Å². The van der Waals surface area contributed by atoms with E-state index in [-0.39, 0.29) is 5.75 Å². The topological polar surface area (TPSA) is 83.8 Å². The van der Waals surface area contributed by atoms with Crippen LogP contribution in [0, 0.1) is 6.92 Å². The standard InChI is InChI=1S/C7H9BO2.C7H5F3O3S/c1-6-2-4-7(5-3-6)8(9)10;8-7(9,10)14(11,12)13-6-4-2-1-3-5-6/h2-5,9-10H,1H3;1-5H. The van der Waals surface area contributed by atoms with Crippen molar-refractivity contribution in [2.75, 3.05) is 0 Å². The summed E-state index contributed by atoms with van der Waals surface area (Å²) in [5, 5.41) is 17.3. The minimum absolute atomic E-state index is 0.371. The van der Waals surface area contributed by atoms with Gasteiger partial charge in [0.25, 0.3) is 0 Å². The fourth-order valence-corrected chi connectivity index (χ4v) is 1.85. The minimum Gasteiger partial charge on any atom is -0.423 e. The first-order chi connectivity index (χ1) is 11.0. The molecule has 0 spiro atoms. The van der Waals surface area contributed by atoms with Gasteiger partial charge in [0.05, 0.1) is 0 Å². The first-order valence-electron chi connectivity index (χ1n) is 6.51. The van der Waals surface area contributed by atoms with Crippen LogP contribution in [0.1, 0.15) is 5.56 Å². The van der Waals surface area contributed by atoms with E-state index < -0.39 is 22.7 Å². The highest BCUT2D eigenvalue weighted by Crippen LogP contribution is 2.26. The Balaban J connectivity index is 0.000000254. The smallest absolute Gasteiger partial charge is 0.423 e. The van der Waals surface area contributed by atoms with Crippen LogP contribution in [0.5, 0.6) is 5.75 Å². The Morgan fingerprint density at radius 1 is 0.958 bits per heavy atom. The molecule has 0 aliphatic carbocycles. The largest absolute Gasteiger partial charge is 0.534 e. The molecule has 0 saturated carbocycles. The number of hydrogen-bond donors (Lipinski definition) is 2. The molecule has 0 aliphatic rings. The average Bonchev–Trinajstić information content (AvgIpc) is 2.48. The molecule has 2 rings (SSSR count). The summed E-state index contributed by atoms with van der Waals surface area (Å²) in [6, 6.07) is 13.5. The van der Waals surface area contributed by atoms with E-state index in [1.54, 1.807) is 12.1 Å². The maximum atomic E-state index is 11.8. The molecule has 0 fully saturated rings. The van der Waals surface area contributed by atoms with Gasteiger partial charge in [-0.2, -0.15) is 21.6 Å². The molecule has 0 amide bonds. The molecule has 0 aliphatic heterocycles. The summed E-state index contributed by atoms with van der Waals surface area (Å²) >= 11 is 0. The number of para-hydroxylation sites is 1. The summed E-state index contributed by atoms with van der Waals surface area (Å²) in [6.07, 6.45) is 0. The number of aryl methyl sites for hydroxylation is 1. The minimum atomic E-state index is -5.55. The molecule has 24 heavy (non-hydrogen) atoms. The molecule has 0 bridgehead atoms. The van der Waals surface area contributed by atoms with Crippen molar-refractivity contribution in [1.29, 1.82) is 0 Å². The summed E-state index contributed by atoms with van der Waals surface area (Å²) in [5.74, 6) is -0.371. The monoisotopic (exact) mass is 362 g/mol. The van der Waals surface area contributed by atoms with Crippen LogP contribution >= 0.6 is 0 Å².